The van der Waals surface area contributed by atoms with E-state index in [4.69, 9.17) is 9.16 Å². The summed E-state index contributed by atoms with van der Waals surface area (Å²) in [5.74, 6) is 0.934. The molecule has 0 aliphatic heterocycles. The molecule has 0 fully saturated rings. The van der Waals surface area contributed by atoms with Crippen LogP contribution in [0.15, 0.2) is 109 Å². The fraction of sp³-hybridized carbons (Fsp3) is 0.143. The van der Waals surface area contributed by atoms with Gasteiger partial charge >= 0.3 is 212 Å². The van der Waals surface area contributed by atoms with Gasteiger partial charge in [-0.2, -0.15) is 0 Å². The van der Waals surface area contributed by atoms with Crippen LogP contribution in [0.2, 0.25) is 13.1 Å². The molecule has 0 atom stereocenters. The standard InChI is InChI=1S/C28H30BrO3PSi/c1-31-34(2,3)22-32-27-20-19-23(30)21-28(27)33(29,24-13-7-4-8-14-24,25-15-9-5-10-16-25)26-17-11-6-12-18-26/h4-21,30H,22H2,1-3H3. The number of hydrogen-bond donors (Lipinski definition) is 1. The molecule has 0 amide bonds. The summed E-state index contributed by atoms with van der Waals surface area (Å²) in [7, 11) is -0.258. The van der Waals surface area contributed by atoms with Gasteiger partial charge in [-0.05, 0) is 0 Å². The van der Waals surface area contributed by atoms with E-state index in [2.05, 4.69) is 101 Å². The molecule has 0 spiro atoms. The van der Waals surface area contributed by atoms with E-state index in [1.165, 1.54) is 0 Å². The van der Waals surface area contributed by atoms with Crippen LogP contribution in [0.3, 0.4) is 0 Å². The van der Waals surface area contributed by atoms with E-state index < -0.39 is 13.6 Å². The molecule has 0 aliphatic rings. The predicted molar refractivity (Wildman–Crippen MR) is 152 cm³/mol. The fourth-order valence-electron chi connectivity index (χ4n) is 4.25. The van der Waals surface area contributed by atoms with Crippen LogP contribution in [0.4, 0.5) is 0 Å². The van der Waals surface area contributed by atoms with E-state index in [0.29, 0.717) is 6.23 Å². The Balaban J connectivity index is 2.14. The molecule has 6 heteroatoms. The Kier molecular flexibility index (Phi) is 7.02. The summed E-state index contributed by atoms with van der Waals surface area (Å²) in [6.45, 7) is 4.26. The van der Waals surface area contributed by atoms with Gasteiger partial charge < -0.3 is 0 Å². The van der Waals surface area contributed by atoms with Gasteiger partial charge in [0, 0.05) is 0 Å². The summed E-state index contributed by atoms with van der Waals surface area (Å²) in [5, 5.41) is 11.6. The third-order valence-corrected chi connectivity index (χ3v) is 18.1. The van der Waals surface area contributed by atoms with Gasteiger partial charge in [-0.15, -0.1) is 0 Å². The van der Waals surface area contributed by atoms with Gasteiger partial charge in [0.15, 0.2) is 0 Å². The molecule has 34 heavy (non-hydrogen) atoms. The van der Waals surface area contributed by atoms with Crippen molar-refractivity contribution in [1.82, 2.24) is 0 Å². The number of rotatable bonds is 8. The molecule has 4 rings (SSSR count). The van der Waals surface area contributed by atoms with Gasteiger partial charge in [0.1, 0.15) is 0 Å². The minimum atomic E-state index is -3.51. The van der Waals surface area contributed by atoms with Crippen LogP contribution in [0.5, 0.6) is 11.5 Å². The third-order valence-electron chi connectivity index (χ3n) is 6.25. The fourth-order valence-corrected chi connectivity index (χ4v) is 12.7. The second-order valence-corrected chi connectivity index (χ2v) is 21.4. The zero-order chi connectivity index (χ0) is 24.3. The van der Waals surface area contributed by atoms with Crippen LogP contribution in [-0.2, 0) is 4.43 Å². The third kappa shape index (κ3) is 4.23. The zero-order valence-corrected chi connectivity index (χ0v) is 23.2. The molecule has 0 saturated carbocycles. The monoisotopic (exact) mass is 552 g/mol. The maximum absolute atomic E-state index is 10.8. The Morgan fingerprint density at radius 1 is 0.735 bits per heavy atom. The van der Waals surface area contributed by atoms with Crippen molar-refractivity contribution in [2.45, 2.75) is 13.1 Å². The average molecular weight is 554 g/mol. The van der Waals surface area contributed by atoms with Crippen LogP contribution < -0.4 is 26.0 Å². The first kappa shape index (κ1) is 24.7. The van der Waals surface area contributed by atoms with Crippen molar-refractivity contribution in [3.8, 4) is 11.5 Å². The van der Waals surface area contributed by atoms with Crippen molar-refractivity contribution in [3.63, 3.8) is 0 Å². The van der Waals surface area contributed by atoms with Crippen LogP contribution >= 0.6 is 20.8 Å². The zero-order valence-electron chi connectivity index (χ0n) is 19.7. The first-order chi connectivity index (χ1) is 16.3. The molecule has 0 radical (unpaired) electrons. The van der Waals surface area contributed by atoms with Crippen LogP contribution in [0.1, 0.15) is 0 Å². The first-order valence-corrected chi connectivity index (χ1v) is 18.6. The number of ether oxygens (including phenoxy) is 1. The SMILES string of the molecule is CO[Si](C)(C)COc1ccc(O)cc1P(Br)(c1ccccc1)(c1ccccc1)c1ccccc1. The Morgan fingerprint density at radius 2 is 1.18 bits per heavy atom. The van der Waals surface area contributed by atoms with Gasteiger partial charge in [0.25, 0.3) is 0 Å². The molecule has 3 nitrogen and oxygen atoms in total. The van der Waals surface area contributed by atoms with Crippen LogP contribution in [0.25, 0.3) is 0 Å². The molecule has 0 heterocycles. The van der Waals surface area contributed by atoms with E-state index in [1.807, 2.05) is 30.3 Å². The van der Waals surface area contributed by atoms with Gasteiger partial charge in [-0.1, -0.05) is 0 Å². The quantitative estimate of drug-likeness (QED) is 0.227. The summed E-state index contributed by atoms with van der Waals surface area (Å²) in [6, 6.07) is 36.9. The van der Waals surface area contributed by atoms with E-state index in [9.17, 15) is 5.11 Å². The summed E-state index contributed by atoms with van der Waals surface area (Å²) >= 11 is 4.47. The summed E-state index contributed by atoms with van der Waals surface area (Å²) < 4.78 is 12.3. The van der Waals surface area contributed by atoms with Crippen LogP contribution in [0, 0.1) is 0 Å². The molecular formula is C28H30BrO3PSi. The number of aromatic hydroxyl groups is 1. The van der Waals surface area contributed by atoms with Crippen molar-refractivity contribution in [2.24, 2.45) is 0 Å². The first-order valence-electron chi connectivity index (χ1n) is 11.2. The van der Waals surface area contributed by atoms with Crippen LogP contribution in [-0.4, -0.2) is 26.8 Å². The Hall–Kier alpha value is -2.43. The summed E-state index contributed by atoms with van der Waals surface area (Å²) in [4.78, 5) is 0. The summed E-state index contributed by atoms with van der Waals surface area (Å²) in [6.07, 6.45) is 0.499. The molecule has 0 bridgehead atoms. The number of phenolic OH excluding ortho intramolecular Hbond substituents is 1. The molecule has 0 aliphatic carbocycles. The molecule has 0 aromatic heterocycles. The molecule has 4 aromatic carbocycles. The molecule has 176 valence electrons. The molecular weight excluding hydrogens is 523 g/mol. The van der Waals surface area contributed by atoms with Crippen molar-refractivity contribution in [3.05, 3.63) is 109 Å². The van der Waals surface area contributed by atoms with Gasteiger partial charge in [0.2, 0.25) is 0 Å². The van der Waals surface area contributed by atoms with Gasteiger partial charge in [0.05, 0.1) is 0 Å². The number of hydrogen-bond acceptors (Lipinski definition) is 3. The number of phenols is 1. The maximum atomic E-state index is 10.8. The summed E-state index contributed by atoms with van der Waals surface area (Å²) in [5.41, 5.74) is 0. The second-order valence-electron chi connectivity index (χ2n) is 8.92. The topological polar surface area (TPSA) is 38.7 Å². The van der Waals surface area contributed by atoms with Gasteiger partial charge in [-0.25, -0.2) is 0 Å². The Morgan fingerprint density at radius 3 is 1.59 bits per heavy atom. The Labute approximate surface area is 211 Å². The van der Waals surface area contributed by atoms with Gasteiger partial charge in [-0.3, -0.25) is 0 Å². The van der Waals surface area contributed by atoms with Crippen molar-refractivity contribution >= 4 is 50.3 Å². The van der Waals surface area contributed by atoms with E-state index >= 15 is 0 Å². The van der Waals surface area contributed by atoms with Crippen molar-refractivity contribution < 1.29 is 14.3 Å². The Bertz CT molecular complexity index is 1150. The van der Waals surface area contributed by atoms with Crippen molar-refractivity contribution in [2.75, 3.05) is 13.3 Å². The van der Waals surface area contributed by atoms with E-state index in [1.54, 1.807) is 13.2 Å². The van der Waals surface area contributed by atoms with E-state index in [0.717, 1.165) is 27.0 Å². The minimum absolute atomic E-state index is 0.196. The number of benzene rings is 4. The molecule has 4 aromatic rings. The second kappa shape index (κ2) is 9.67. The normalized spacial score (nSPS) is 13.1. The average Bonchev–Trinajstić information content (AvgIpc) is 2.89. The molecule has 1 N–H and O–H groups in total. The molecule has 0 unspecified atom stereocenters. The molecule has 0 saturated heterocycles. The number of halogens is 1. The van der Waals surface area contributed by atoms with Crippen molar-refractivity contribution in [1.29, 1.82) is 0 Å². The van der Waals surface area contributed by atoms with E-state index in [-0.39, 0.29) is 5.75 Å². The predicted octanol–water partition coefficient (Wildman–Crippen LogP) is 5.63.